The standard InChI is InChI=1S/C15H18N2O3S/c18-14(10-16-7-3-5-12(16)15(19)20)17-8-9-21-13-6-2-1-4-11(13)17/h1-2,4,6,12H,3,5,7-10H2,(H,19,20). The first-order chi connectivity index (χ1) is 10.2. The summed E-state index contributed by atoms with van der Waals surface area (Å²) in [6.45, 7) is 1.56. The molecule has 1 fully saturated rings. The van der Waals surface area contributed by atoms with Crippen molar-refractivity contribution in [1.29, 1.82) is 0 Å². The number of carbonyl (C=O) groups is 2. The number of thioether (sulfide) groups is 1. The predicted molar refractivity (Wildman–Crippen MR) is 81.7 cm³/mol. The molecule has 1 saturated heterocycles. The number of rotatable bonds is 3. The lowest BCUT2D eigenvalue weighted by Gasteiger charge is -2.31. The van der Waals surface area contributed by atoms with Crippen LogP contribution in [0.3, 0.4) is 0 Å². The molecule has 0 aliphatic carbocycles. The van der Waals surface area contributed by atoms with Crippen LogP contribution < -0.4 is 4.90 Å². The van der Waals surface area contributed by atoms with Crippen LogP contribution in [-0.4, -0.2) is 53.3 Å². The molecule has 2 aliphatic rings. The van der Waals surface area contributed by atoms with Crippen molar-refractivity contribution in [3.05, 3.63) is 24.3 Å². The molecule has 3 rings (SSSR count). The SMILES string of the molecule is O=C(O)C1CCCN1CC(=O)N1CCSc2ccccc21. The lowest BCUT2D eigenvalue weighted by molar-refractivity contribution is -0.142. The Balaban J connectivity index is 1.73. The van der Waals surface area contributed by atoms with E-state index in [0.29, 0.717) is 19.5 Å². The quantitative estimate of drug-likeness (QED) is 0.920. The number of carbonyl (C=O) groups excluding carboxylic acids is 1. The van der Waals surface area contributed by atoms with Gasteiger partial charge in [-0.25, -0.2) is 0 Å². The average Bonchev–Trinajstić information content (AvgIpc) is 2.95. The molecule has 0 aromatic heterocycles. The van der Waals surface area contributed by atoms with E-state index < -0.39 is 12.0 Å². The van der Waals surface area contributed by atoms with Crippen molar-refractivity contribution in [2.75, 3.05) is 30.3 Å². The summed E-state index contributed by atoms with van der Waals surface area (Å²) in [6.07, 6.45) is 1.48. The highest BCUT2D eigenvalue weighted by molar-refractivity contribution is 7.99. The molecule has 0 spiro atoms. The fourth-order valence-electron chi connectivity index (χ4n) is 2.98. The fraction of sp³-hybridized carbons (Fsp3) is 0.467. The van der Waals surface area contributed by atoms with Crippen molar-refractivity contribution in [1.82, 2.24) is 4.90 Å². The first-order valence-corrected chi connectivity index (χ1v) is 8.14. The predicted octanol–water partition coefficient (Wildman–Crippen LogP) is 1.67. The van der Waals surface area contributed by atoms with Crippen LogP contribution in [0.5, 0.6) is 0 Å². The minimum absolute atomic E-state index is 0.00380. The Hall–Kier alpha value is -1.53. The van der Waals surface area contributed by atoms with Gasteiger partial charge in [-0.1, -0.05) is 12.1 Å². The second-order valence-corrected chi connectivity index (χ2v) is 6.47. The van der Waals surface area contributed by atoms with E-state index >= 15 is 0 Å². The van der Waals surface area contributed by atoms with Gasteiger partial charge in [0.15, 0.2) is 0 Å². The van der Waals surface area contributed by atoms with E-state index in [1.54, 1.807) is 21.6 Å². The number of aliphatic carboxylic acids is 1. The topological polar surface area (TPSA) is 60.9 Å². The van der Waals surface area contributed by atoms with Crippen LogP contribution >= 0.6 is 11.8 Å². The van der Waals surface area contributed by atoms with Gasteiger partial charge in [-0.05, 0) is 31.5 Å². The van der Waals surface area contributed by atoms with Crippen molar-refractivity contribution >= 4 is 29.3 Å². The van der Waals surface area contributed by atoms with Crippen LogP contribution in [0, 0.1) is 0 Å². The molecule has 1 atom stereocenters. The van der Waals surface area contributed by atoms with Crippen LogP contribution in [-0.2, 0) is 9.59 Å². The summed E-state index contributed by atoms with van der Waals surface area (Å²) >= 11 is 1.76. The zero-order valence-electron chi connectivity index (χ0n) is 11.7. The lowest BCUT2D eigenvalue weighted by atomic mass is 10.2. The number of anilines is 1. The van der Waals surface area contributed by atoms with Gasteiger partial charge in [0.1, 0.15) is 6.04 Å². The van der Waals surface area contributed by atoms with E-state index in [9.17, 15) is 14.7 Å². The number of hydrogen-bond donors (Lipinski definition) is 1. The van der Waals surface area contributed by atoms with E-state index in [4.69, 9.17) is 0 Å². The summed E-state index contributed by atoms with van der Waals surface area (Å²) in [5.41, 5.74) is 0.949. The molecule has 0 radical (unpaired) electrons. The molecule has 1 N–H and O–H groups in total. The Morgan fingerprint density at radius 1 is 1.29 bits per heavy atom. The Kier molecular flexibility index (Phi) is 4.17. The molecular formula is C15H18N2O3S. The van der Waals surface area contributed by atoms with Gasteiger partial charge in [0.05, 0.1) is 12.2 Å². The molecule has 0 bridgehead atoms. The van der Waals surface area contributed by atoms with Crippen LogP contribution in [0.1, 0.15) is 12.8 Å². The van der Waals surface area contributed by atoms with Crippen molar-refractivity contribution < 1.29 is 14.7 Å². The van der Waals surface area contributed by atoms with Crippen molar-refractivity contribution in [3.8, 4) is 0 Å². The molecule has 1 aromatic carbocycles. The van der Waals surface area contributed by atoms with Crippen LogP contribution in [0.2, 0.25) is 0 Å². The van der Waals surface area contributed by atoms with Crippen molar-refractivity contribution in [2.45, 2.75) is 23.8 Å². The molecule has 5 nitrogen and oxygen atoms in total. The third kappa shape index (κ3) is 2.91. The summed E-state index contributed by atoms with van der Waals surface area (Å²) in [7, 11) is 0. The minimum atomic E-state index is -0.824. The first kappa shape index (κ1) is 14.4. The van der Waals surface area contributed by atoms with E-state index in [-0.39, 0.29) is 12.5 Å². The highest BCUT2D eigenvalue weighted by Crippen LogP contribution is 2.34. The second-order valence-electron chi connectivity index (χ2n) is 5.33. The first-order valence-electron chi connectivity index (χ1n) is 7.16. The van der Waals surface area contributed by atoms with Crippen LogP contribution in [0.4, 0.5) is 5.69 Å². The number of fused-ring (bicyclic) bond motifs is 1. The molecule has 1 amide bonds. The van der Waals surface area contributed by atoms with E-state index in [1.807, 2.05) is 24.3 Å². The Morgan fingerprint density at radius 2 is 2.10 bits per heavy atom. The highest BCUT2D eigenvalue weighted by atomic mass is 32.2. The number of para-hydroxylation sites is 1. The zero-order chi connectivity index (χ0) is 14.8. The Morgan fingerprint density at radius 3 is 2.90 bits per heavy atom. The smallest absolute Gasteiger partial charge is 0.320 e. The molecule has 2 aliphatic heterocycles. The maximum atomic E-state index is 12.6. The second kappa shape index (κ2) is 6.07. The maximum absolute atomic E-state index is 12.6. The highest BCUT2D eigenvalue weighted by Gasteiger charge is 2.33. The summed E-state index contributed by atoms with van der Waals surface area (Å²) in [4.78, 5) is 28.5. The third-order valence-corrected chi connectivity index (χ3v) is 5.06. The molecule has 21 heavy (non-hydrogen) atoms. The fourth-order valence-corrected chi connectivity index (χ4v) is 3.98. The monoisotopic (exact) mass is 306 g/mol. The summed E-state index contributed by atoms with van der Waals surface area (Å²) in [5, 5.41) is 9.19. The largest absolute Gasteiger partial charge is 0.480 e. The Labute approximate surface area is 127 Å². The van der Waals surface area contributed by atoms with Gasteiger partial charge >= 0.3 is 5.97 Å². The van der Waals surface area contributed by atoms with Crippen molar-refractivity contribution in [3.63, 3.8) is 0 Å². The molecule has 1 aromatic rings. The number of benzene rings is 1. The molecule has 2 heterocycles. The average molecular weight is 306 g/mol. The normalized spacial score (nSPS) is 22.1. The summed E-state index contributed by atoms with van der Waals surface area (Å²) in [6, 6.07) is 7.37. The summed E-state index contributed by atoms with van der Waals surface area (Å²) in [5.74, 6) is 0.0521. The number of carboxylic acid groups (broad SMARTS) is 1. The zero-order valence-corrected chi connectivity index (χ0v) is 12.5. The molecule has 112 valence electrons. The van der Waals surface area contributed by atoms with Gasteiger partial charge in [0.25, 0.3) is 0 Å². The number of amides is 1. The number of likely N-dealkylation sites (tertiary alicyclic amines) is 1. The minimum Gasteiger partial charge on any atom is -0.480 e. The van der Waals surface area contributed by atoms with Gasteiger partial charge in [-0.2, -0.15) is 0 Å². The van der Waals surface area contributed by atoms with Crippen molar-refractivity contribution in [2.24, 2.45) is 0 Å². The van der Waals surface area contributed by atoms with Gasteiger partial charge in [0.2, 0.25) is 5.91 Å². The third-order valence-electron chi connectivity index (χ3n) is 4.02. The van der Waals surface area contributed by atoms with E-state index in [1.165, 1.54) is 0 Å². The van der Waals surface area contributed by atoms with Gasteiger partial charge in [0, 0.05) is 17.2 Å². The molecule has 1 unspecified atom stereocenters. The van der Waals surface area contributed by atoms with Crippen LogP contribution in [0.15, 0.2) is 29.2 Å². The summed E-state index contributed by atoms with van der Waals surface area (Å²) < 4.78 is 0. The Bertz CT molecular complexity index is 564. The van der Waals surface area contributed by atoms with Gasteiger partial charge in [-0.3, -0.25) is 14.5 Å². The lowest BCUT2D eigenvalue weighted by Crippen LogP contribution is -2.46. The number of hydrogen-bond acceptors (Lipinski definition) is 4. The molecule has 6 heteroatoms. The number of nitrogens with zero attached hydrogens (tertiary/aromatic N) is 2. The van der Waals surface area contributed by atoms with E-state index in [2.05, 4.69) is 0 Å². The van der Waals surface area contributed by atoms with Crippen LogP contribution in [0.25, 0.3) is 0 Å². The maximum Gasteiger partial charge on any atom is 0.320 e. The van der Waals surface area contributed by atoms with E-state index in [0.717, 1.165) is 22.8 Å². The van der Waals surface area contributed by atoms with Gasteiger partial charge in [-0.15, -0.1) is 11.8 Å². The molecular weight excluding hydrogens is 288 g/mol. The number of carboxylic acids is 1. The molecule has 0 saturated carbocycles. The van der Waals surface area contributed by atoms with Gasteiger partial charge < -0.3 is 10.0 Å².